The van der Waals surface area contributed by atoms with E-state index >= 15 is 0 Å². The normalized spacial score (nSPS) is 21.8. The number of carbonyl (C=O) groups excluding carboxylic acids is 2. The Morgan fingerprint density at radius 2 is 1.97 bits per heavy atom. The molecular weight excluding hydrogens is 470 g/mol. The fourth-order valence-electron chi connectivity index (χ4n) is 5.09. The van der Waals surface area contributed by atoms with Gasteiger partial charge in [0.15, 0.2) is 0 Å². The monoisotopic (exact) mass is 497 g/mol. The number of likely N-dealkylation sites (tertiary alicyclic amines) is 1. The number of hydrogen-bond acceptors (Lipinski definition) is 7. The fraction of sp³-hybridized carbons (Fsp3) is 0.458. The van der Waals surface area contributed by atoms with Crippen molar-refractivity contribution in [2.45, 2.75) is 51.7 Å². The summed E-state index contributed by atoms with van der Waals surface area (Å²) in [6.45, 7) is 6.93. The number of nitro groups is 1. The molecule has 0 atom stereocenters. The van der Waals surface area contributed by atoms with E-state index in [2.05, 4.69) is 14.9 Å². The van der Waals surface area contributed by atoms with E-state index in [1.165, 1.54) is 12.1 Å². The maximum absolute atomic E-state index is 12.9. The molecule has 2 fully saturated rings. The van der Waals surface area contributed by atoms with Crippen LogP contribution >= 0.6 is 11.3 Å². The van der Waals surface area contributed by atoms with Gasteiger partial charge < -0.3 is 14.2 Å². The van der Waals surface area contributed by atoms with Crippen molar-refractivity contribution in [3.05, 3.63) is 51.4 Å². The Morgan fingerprint density at radius 3 is 2.66 bits per heavy atom. The Labute approximate surface area is 206 Å². The summed E-state index contributed by atoms with van der Waals surface area (Å²) < 4.78 is 7.60. The largest absolute Gasteiger partial charge is 0.444 e. The molecule has 1 aliphatic carbocycles. The topological polar surface area (TPSA) is 120 Å². The van der Waals surface area contributed by atoms with E-state index in [-0.39, 0.29) is 27.4 Å². The Kier molecular flexibility index (Phi) is 5.54. The van der Waals surface area contributed by atoms with Crippen LogP contribution in [0.15, 0.2) is 36.4 Å². The molecule has 1 spiro atoms. The molecule has 1 saturated heterocycles. The molecule has 10 nitrogen and oxygen atoms in total. The van der Waals surface area contributed by atoms with Crippen LogP contribution in [0.5, 0.6) is 0 Å². The van der Waals surface area contributed by atoms with Crippen molar-refractivity contribution in [3.8, 4) is 0 Å². The lowest BCUT2D eigenvalue weighted by molar-refractivity contribution is -0.380. The van der Waals surface area contributed by atoms with E-state index in [9.17, 15) is 19.7 Å². The quantitative estimate of drug-likeness (QED) is 0.390. The second-order valence-electron chi connectivity index (χ2n) is 10.4. The van der Waals surface area contributed by atoms with Crippen LogP contribution in [0, 0.1) is 15.5 Å². The van der Waals surface area contributed by atoms with Crippen molar-refractivity contribution < 1.29 is 19.2 Å². The van der Waals surface area contributed by atoms with Gasteiger partial charge in [-0.05, 0) is 63.6 Å². The number of para-hydroxylation sites is 2. The number of aromatic nitrogens is 2. The number of amides is 2. The minimum absolute atomic E-state index is 0.0303. The summed E-state index contributed by atoms with van der Waals surface area (Å²) in [6.07, 6.45) is 2.36. The molecule has 3 heterocycles. The number of ether oxygens (including phenoxy) is 1. The maximum atomic E-state index is 12.9. The highest BCUT2D eigenvalue weighted by Crippen LogP contribution is 2.55. The molecule has 0 unspecified atom stereocenters. The number of carbonyl (C=O) groups is 2. The lowest BCUT2D eigenvalue weighted by Crippen LogP contribution is -2.43. The van der Waals surface area contributed by atoms with Crippen molar-refractivity contribution in [1.29, 1.82) is 0 Å². The van der Waals surface area contributed by atoms with Crippen molar-refractivity contribution in [2.24, 2.45) is 5.41 Å². The number of rotatable bonds is 4. The molecule has 0 bridgehead atoms. The number of hydrogen-bond donors (Lipinski definition) is 1. The first kappa shape index (κ1) is 23.3. The molecule has 2 aliphatic rings. The van der Waals surface area contributed by atoms with E-state index in [1.807, 2.05) is 45.0 Å². The number of imidazole rings is 1. The first-order chi connectivity index (χ1) is 16.5. The molecule has 11 heteroatoms. The Bertz CT molecular complexity index is 1320. The highest BCUT2D eigenvalue weighted by atomic mass is 32.1. The van der Waals surface area contributed by atoms with Crippen LogP contribution in [0.25, 0.3) is 11.0 Å². The molecule has 2 aromatic heterocycles. The Balaban J connectivity index is 1.34. The number of nitrogens with zero attached hydrogens (tertiary/aromatic N) is 4. The third-order valence-corrected chi connectivity index (χ3v) is 7.64. The smallest absolute Gasteiger partial charge is 0.410 e. The first-order valence-electron chi connectivity index (χ1n) is 11.5. The van der Waals surface area contributed by atoms with Crippen molar-refractivity contribution in [2.75, 3.05) is 18.4 Å². The van der Waals surface area contributed by atoms with Crippen LogP contribution in [0.3, 0.4) is 0 Å². The third-order valence-electron chi connectivity index (χ3n) is 6.61. The summed E-state index contributed by atoms with van der Waals surface area (Å²) in [6, 6.07) is 10.6. The Morgan fingerprint density at radius 1 is 1.23 bits per heavy atom. The zero-order chi connectivity index (χ0) is 25.0. The molecule has 0 radical (unpaired) electrons. The number of benzene rings is 1. The molecule has 1 saturated carbocycles. The van der Waals surface area contributed by atoms with Crippen LogP contribution in [-0.2, 0) is 4.74 Å². The minimum Gasteiger partial charge on any atom is -0.444 e. The fourth-order valence-corrected chi connectivity index (χ4v) is 5.80. The predicted octanol–water partition coefficient (Wildman–Crippen LogP) is 5.22. The van der Waals surface area contributed by atoms with Gasteiger partial charge in [0.25, 0.3) is 5.91 Å². The van der Waals surface area contributed by atoms with Gasteiger partial charge in [-0.1, -0.05) is 23.5 Å². The molecule has 5 rings (SSSR count). The minimum atomic E-state index is -0.527. The molecule has 1 aliphatic heterocycles. The summed E-state index contributed by atoms with van der Waals surface area (Å²) >= 11 is 0.834. The average molecular weight is 498 g/mol. The van der Waals surface area contributed by atoms with E-state index in [0.717, 1.165) is 41.6 Å². The lowest BCUT2D eigenvalue weighted by Gasteiger charge is -2.46. The molecule has 1 N–H and O–H groups in total. The third kappa shape index (κ3) is 4.47. The Hall–Kier alpha value is -3.47. The van der Waals surface area contributed by atoms with Gasteiger partial charge in [-0.25, -0.2) is 9.78 Å². The van der Waals surface area contributed by atoms with E-state index < -0.39 is 16.4 Å². The summed E-state index contributed by atoms with van der Waals surface area (Å²) in [5.74, 6) is -0.000224. The average Bonchev–Trinajstić information content (AvgIpc) is 3.48. The van der Waals surface area contributed by atoms with Gasteiger partial charge in [-0.3, -0.25) is 20.2 Å². The van der Waals surface area contributed by atoms with Gasteiger partial charge in [0.1, 0.15) is 5.60 Å². The molecular formula is C24H27N5O5S. The number of anilines is 1. The molecule has 2 amide bonds. The predicted molar refractivity (Wildman–Crippen MR) is 132 cm³/mol. The van der Waals surface area contributed by atoms with E-state index in [1.54, 1.807) is 4.90 Å². The summed E-state index contributed by atoms with van der Waals surface area (Å²) in [7, 11) is 0. The van der Waals surface area contributed by atoms with E-state index in [4.69, 9.17) is 4.74 Å². The molecule has 184 valence electrons. The van der Waals surface area contributed by atoms with Crippen LogP contribution in [0.2, 0.25) is 0 Å². The summed E-state index contributed by atoms with van der Waals surface area (Å²) in [5, 5.41) is 13.8. The van der Waals surface area contributed by atoms with Gasteiger partial charge >= 0.3 is 11.1 Å². The van der Waals surface area contributed by atoms with Gasteiger partial charge in [-0.2, -0.15) is 0 Å². The molecule has 1 aromatic carbocycles. The van der Waals surface area contributed by atoms with Crippen LogP contribution in [0.4, 0.5) is 15.7 Å². The standard InChI is InChI=1S/C24H27N5O5S/c1-23(2,3)34-22(31)27-11-10-24(14-27)12-15(13-24)28-17-7-5-4-6-16(17)25-21(28)26-20(30)18-8-9-19(35-18)29(32)33/h4-9,15H,10-14H2,1-3H3,(H,25,26,30). The van der Waals surface area contributed by atoms with Crippen molar-refractivity contribution in [1.82, 2.24) is 14.5 Å². The second-order valence-corrected chi connectivity index (χ2v) is 11.4. The van der Waals surface area contributed by atoms with Gasteiger partial charge in [-0.15, -0.1) is 0 Å². The summed E-state index contributed by atoms with van der Waals surface area (Å²) in [5.41, 5.74) is 1.19. The van der Waals surface area contributed by atoms with Crippen LogP contribution < -0.4 is 5.32 Å². The SMILES string of the molecule is CC(C)(C)OC(=O)N1CCC2(CC(n3c(NC(=O)c4ccc([N+](=O)[O-])s4)nc4ccccc43)C2)C1. The second kappa shape index (κ2) is 8.33. The van der Waals surface area contributed by atoms with Gasteiger partial charge in [0.05, 0.1) is 20.8 Å². The lowest BCUT2D eigenvalue weighted by atomic mass is 9.65. The highest BCUT2D eigenvalue weighted by Gasteiger charge is 2.51. The first-order valence-corrected chi connectivity index (χ1v) is 12.4. The molecule has 35 heavy (non-hydrogen) atoms. The van der Waals surface area contributed by atoms with Gasteiger partial charge in [0, 0.05) is 25.2 Å². The summed E-state index contributed by atoms with van der Waals surface area (Å²) in [4.78, 5) is 42.6. The van der Waals surface area contributed by atoms with Crippen molar-refractivity contribution in [3.63, 3.8) is 0 Å². The van der Waals surface area contributed by atoms with Crippen LogP contribution in [-0.4, -0.2) is 50.1 Å². The number of fused-ring (bicyclic) bond motifs is 1. The van der Waals surface area contributed by atoms with Gasteiger partial charge in [0.2, 0.25) is 5.95 Å². The zero-order valence-corrected chi connectivity index (χ0v) is 20.6. The zero-order valence-electron chi connectivity index (χ0n) is 19.8. The highest BCUT2D eigenvalue weighted by molar-refractivity contribution is 7.17. The van der Waals surface area contributed by atoms with Crippen molar-refractivity contribution >= 4 is 45.3 Å². The number of thiophene rings is 1. The van der Waals surface area contributed by atoms with E-state index in [0.29, 0.717) is 19.0 Å². The van der Waals surface area contributed by atoms with Crippen LogP contribution in [0.1, 0.15) is 55.7 Å². The molecule has 3 aromatic rings. The maximum Gasteiger partial charge on any atom is 0.410 e. The number of nitrogens with one attached hydrogen (secondary N) is 1.